The van der Waals surface area contributed by atoms with Gasteiger partial charge >= 0.3 is 0 Å². The van der Waals surface area contributed by atoms with Gasteiger partial charge in [0.1, 0.15) is 16.8 Å². The Hall–Kier alpha value is -4.35. The maximum Gasteiger partial charge on any atom is 0.278 e. The Morgan fingerprint density at radius 2 is 1.78 bits per heavy atom. The number of likely N-dealkylation sites (tertiary alicyclic amines) is 1. The van der Waals surface area contributed by atoms with Crippen molar-refractivity contribution in [3.63, 3.8) is 0 Å². The second-order valence-corrected chi connectivity index (χ2v) is 12.4. The van der Waals surface area contributed by atoms with Gasteiger partial charge in [0.05, 0.1) is 12.2 Å². The largest absolute Gasteiger partial charge is 0.384 e. The summed E-state index contributed by atoms with van der Waals surface area (Å²) in [4.78, 5) is 44.1. The predicted molar refractivity (Wildman–Crippen MR) is 174 cm³/mol. The molecule has 3 aromatic heterocycles. The molecule has 0 unspecified atom stereocenters. The summed E-state index contributed by atoms with van der Waals surface area (Å²) in [5.74, 6) is 1.28. The number of nitrogens with one attached hydrogen (secondary N) is 1. The average molecular weight is 609 g/mol. The van der Waals surface area contributed by atoms with E-state index in [0.29, 0.717) is 66.0 Å². The minimum Gasteiger partial charge on any atom is -0.384 e. The molecule has 0 spiro atoms. The first-order chi connectivity index (χ1) is 21.9. The molecule has 5 heterocycles. The van der Waals surface area contributed by atoms with E-state index in [1.165, 1.54) is 5.69 Å². The fourth-order valence-electron chi connectivity index (χ4n) is 7.13. The Morgan fingerprint density at radius 1 is 1.02 bits per heavy atom. The minimum absolute atomic E-state index is 0.230. The number of carbonyl (C=O) groups excluding carboxylic acids is 1. The number of aliphatic hydroxyl groups is 1. The van der Waals surface area contributed by atoms with Gasteiger partial charge in [0, 0.05) is 62.6 Å². The smallest absolute Gasteiger partial charge is 0.278 e. The quantitative estimate of drug-likeness (QED) is 0.285. The number of anilines is 3. The number of hydrogen-bond donors (Lipinski definition) is 2. The molecular formula is C34H40N8O3. The van der Waals surface area contributed by atoms with E-state index in [2.05, 4.69) is 38.8 Å². The van der Waals surface area contributed by atoms with Crippen molar-refractivity contribution >= 4 is 34.1 Å². The number of carbonyl (C=O) groups is 1. The second kappa shape index (κ2) is 11.9. The Morgan fingerprint density at radius 3 is 2.49 bits per heavy atom. The van der Waals surface area contributed by atoms with Crippen LogP contribution in [0.25, 0.3) is 16.9 Å². The zero-order valence-corrected chi connectivity index (χ0v) is 25.8. The summed E-state index contributed by atoms with van der Waals surface area (Å²) in [7, 11) is 0. The van der Waals surface area contributed by atoms with Gasteiger partial charge < -0.3 is 15.3 Å². The SMILES string of the molecule is C=CCn1c(=O)c2cnc(Nc3ccc(N4CCC(N5CCC(=O)CC5)CC4)cc3)nc2n1-c1ccc2c(n1)[C@](O)(CC)CC2. The Balaban J connectivity index is 1.11. The summed E-state index contributed by atoms with van der Waals surface area (Å²) in [5, 5.41) is 14.9. The number of pyridine rings is 1. The molecule has 2 fully saturated rings. The molecule has 11 heteroatoms. The lowest BCUT2D eigenvalue weighted by atomic mass is 9.98. The van der Waals surface area contributed by atoms with Crippen molar-refractivity contribution < 1.29 is 9.90 Å². The van der Waals surface area contributed by atoms with Crippen LogP contribution in [-0.2, 0) is 23.4 Å². The summed E-state index contributed by atoms with van der Waals surface area (Å²) in [6.45, 7) is 9.86. The van der Waals surface area contributed by atoms with Crippen LogP contribution >= 0.6 is 0 Å². The maximum atomic E-state index is 13.4. The van der Waals surface area contributed by atoms with E-state index in [-0.39, 0.29) is 12.1 Å². The number of ketones is 1. The molecule has 2 aliphatic heterocycles. The summed E-state index contributed by atoms with van der Waals surface area (Å²) < 4.78 is 3.25. The van der Waals surface area contributed by atoms with Gasteiger partial charge in [0.25, 0.3) is 5.56 Å². The topological polar surface area (TPSA) is 121 Å². The predicted octanol–water partition coefficient (Wildman–Crippen LogP) is 4.08. The van der Waals surface area contributed by atoms with Gasteiger partial charge in [-0.1, -0.05) is 19.1 Å². The highest BCUT2D eigenvalue weighted by atomic mass is 16.3. The standard InChI is InChI=1S/C34H40N8O3/c1-3-17-41-32(44)28-22-35-33(38-31(28)42(41)29-10-5-23-11-16-34(45,4-2)30(23)37-29)36-24-6-8-25(9-7-24)39-18-12-26(13-19-39)40-20-14-27(43)15-21-40/h3,5-10,22,26,45H,1,4,11-21H2,2H3,(H,35,36,38)/t34-/m0/s1. The van der Waals surface area contributed by atoms with Gasteiger partial charge in [-0.3, -0.25) is 14.5 Å². The minimum atomic E-state index is -0.976. The maximum absolute atomic E-state index is 13.4. The fourth-order valence-corrected chi connectivity index (χ4v) is 7.13. The Bertz CT molecular complexity index is 1790. The second-order valence-electron chi connectivity index (χ2n) is 12.4. The summed E-state index contributed by atoms with van der Waals surface area (Å²) in [6, 6.07) is 12.7. The highest BCUT2D eigenvalue weighted by Crippen LogP contribution is 2.38. The van der Waals surface area contributed by atoms with Gasteiger partial charge in [0.15, 0.2) is 11.5 Å². The zero-order valence-electron chi connectivity index (χ0n) is 25.8. The first kappa shape index (κ1) is 29.4. The van der Waals surface area contributed by atoms with Crippen LogP contribution in [0.5, 0.6) is 0 Å². The van der Waals surface area contributed by atoms with Gasteiger partial charge in [-0.2, -0.15) is 4.98 Å². The molecule has 2 N–H and O–H groups in total. The van der Waals surface area contributed by atoms with Crippen LogP contribution < -0.4 is 15.8 Å². The molecule has 45 heavy (non-hydrogen) atoms. The van der Waals surface area contributed by atoms with Crippen molar-refractivity contribution in [3.8, 4) is 5.82 Å². The van der Waals surface area contributed by atoms with E-state index in [0.717, 1.165) is 56.7 Å². The van der Waals surface area contributed by atoms with Crippen LogP contribution in [0.4, 0.5) is 17.3 Å². The molecule has 0 amide bonds. The van der Waals surface area contributed by atoms with Crippen molar-refractivity contribution in [2.24, 2.45) is 0 Å². The van der Waals surface area contributed by atoms with E-state index >= 15 is 0 Å². The normalized spacial score (nSPS) is 20.9. The molecule has 7 rings (SSSR count). The molecule has 0 radical (unpaired) electrons. The average Bonchev–Trinajstić information content (AvgIpc) is 3.55. The van der Waals surface area contributed by atoms with Crippen molar-refractivity contribution in [3.05, 3.63) is 76.9 Å². The Kier molecular flexibility index (Phi) is 7.74. The van der Waals surface area contributed by atoms with Crippen molar-refractivity contribution in [1.82, 2.24) is 29.2 Å². The molecular weight excluding hydrogens is 568 g/mol. The fraction of sp³-hybridized carbons (Fsp3) is 0.441. The number of Topliss-reactive ketones (excluding diaryl/α,β-unsaturated/α-hetero) is 1. The van der Waals surface area contributed by atoms with E-state index in [1.807, 2.05) is 31.2 Å². The summed E-state index contributed by atoms with van der Waals surface area (Å²) in [6.07, 6.45) is 8.78. The monoisotopic (exact) mass is 608 g/mol. The van der Waals surface area contributed by atoms with Crippen molar-refractivity contribution in [1.29, 1.82) is 0 Å². The molecule has 234 valence electrons. The number of nitrogens with zero attached hydrogens (tertiary/aromatic N) is 7. The Labute approximate surface area is 262 Å². The summed E-state index contributed by atoms with van der Waals surface area (Å²) in [5.41, 5.74) is 2.94. The van der Waals surface area contributed by atoms with Crippen LogP contribution in [0.15, 0.2) is 60.0 Å². The molecule has 4 aromatic rings. The van der Waals surface area contributed by atoms with Crippen LogP contribution in [0.3, 0.4) is 0 Å². The molecule has 0 saturated carbocycles. The molecule has 0 bridgehead atoms. The van der Waals surface area contributed by atoms with Gasteiger partial charge in [-0.25, -0.2) is 19.3 Å². The van der Waals surface area contributed by atoms with E-state index in [1.54, 1.807) is 21.6 Å². The van der Waals surface area contributed by atoms with Gasteiger partial charge in [-0.05, 0) is 68.0 Å². The third-order valence-electron chi connectivity index (χ3n) is 9.82. The van der Waals surface area contributed by atoms with Gasteiger partial charge in [-0.15, -0.1) is 6.58 Å². The van der Waals surface area contributed by atoms with E-state index < -0.39 is 5.60 Å². The van der Waals surface area contributed by atoms with Crippen molar-refractivity contribution in [2.45, 2.75) is 70.1 Å². The van der Waals surface area contributed by atoms with Crippen LogP contribution in [0.2, 0.25) is 0 Å². The van der Waals surface area contributed by atoms with Crippen LogP contribution in [0.1, 0.15) is 56.7 Å². The number of aryl methyl sites for hydroxylation is 1. The lowest BCUT2D eigenvalue weighted by molar-refractivity contribution is -0.122. The number of allylic oxidation sites excluding steroid dienone is 1. The molecule has 1 atom stereocenters. The highest BCUT2D eigenvalue weighted by molar-refractivity contribution is 5.79. The first-order valence-corrected chi connectivity index (χ1v) is 16.1. The first-order valence-electron chi connectivity index (χ1n) is 16.1. The number of hydrogen-bond acceptors (Lipinski definition) is 9. The molecule has 1 aliphatic carbocycles. The van der Waals surface area contributed by atoms with Crippen molar-refractivity contribution in [2.75, 3.05) is 36.4 Å². The zero-order chi connectivity index (χ0) is 31.1. The molecule has 11 nitrogen and oxygen atoms in total. The number of aromatic nitrogens is 5. The molecule has 3 aliphatic rings. The third kappa shape index (κ3) is 5.44. The van der Waals surface area contributed by atoms with Crippen LogP contribution in [-0.4, -0.2) is 72.3 Å². The lowest BCUT2D eigenvalue weighted by Gasteiger charge is -2.40. The van der Waals surface area contributed by atoms with E-state index in [4.69, 9.17) is 9.97 Å². The number of rotatable bonds is 8. The number of fused-ring (bicyclic) bond motifs is 2. The van der Waals surface area contributed by atoms with E-state index in [9.17, 15) is 14.7 Å². The molecule has 1 aromatic carbocycles. The highest BCUT2D eigenvalue weighted by Gasteiger charge is 2.37. The number of benzene rings is 1. The van der Waals surface area contributed by atoms with Gasteiger partial charge in [0.2, 0.25) is 5.95 Å². The number of piperidine rings is 2. The van der Waals surface area contributed by atoms with Crippen LogP contribution in [0, 0.1) is 0 Å². The lowest BCUT2D eigenvalue weighted by Crippen LogP contribution is -2.47. The summed E-state index contributed by atoms with van der Waals surface area (Å²) >= 11 is 0. The molecule has 2 saturated heterocycles. The third-order valence-corrected chi connectivity index (χ3v) is 9.82.